The van der Waals surface area contributed by atoms with Gasteiger partial charge in [0, 0.05) is 6.54 Å². The number of carbonyl (C=O) groups is 3. The van der Waals surface area contributed by atoms with Crippen molar-refractivity contribution >= 4 is 18.0 Å². The molecule has 0 bridgehead atoms. The van der Waals surface area contributed by atoms with E-state index in [0.717, 1.165) is 0 Å². The van der Waals surface area contributed by atoms with Crippen LogP contribution in [0.25, 0.3) is 0 Å². The topological polar surface area (TPSA) is 85.4 Å². The molecule has 0 aliphatic carbocycles. The van der Waals surface area contributed by atoms with Gasteiger partial charge in [0.05, 0.1) is 23.9 Å². The van der Waals surface area contributed by atoms with E-state index in [1.54, 1.807) is 53.7 Å². The summed E-state index contributed by atoms with van der Waals surface area (Å²) in [5.41, 5.74) is -1.34. The van der Waals surface area contributed by atoms with Crippen molar-refractivity contribution in [3.05, 3.63) is 12.2 Å². The van der Waals surface area contributed by atoms with Crippen LogP contribution in [0.2, 0.25) is 0 Å². The first-order chi connectivity index (χ1) is 13.2. The Hall–Kier alpha value is -2.09. The molecule has 1 rings (SSSR count). The minimum absolute atomic E-state index is 0.128. The van der Waals surface area contributed by atoms with E-state index in [4.69, 9.17) is 14.2 Å². The molecule has 8 nitrogen and oxygen atoms in total. The first-order valence-corrected chi connectivity index (χ1v) is 9.87. The van der Waals surface area contributed by atoms with E-state index in [9.17, 15) is 14.4 Å². The summed E-state index contributed by atoms with van der Waals surface area (Å²) in [4.78, 5) is 40.4. The molecule has 0 saturated heterocycles. The van der Waals surface area contributed by atoms with Crippen LogP contribution >= 0.6 is 0 Å². The number of hydrogen-bond acceptors (Lipinski definition) is 7. The van der Waals surface area contributed by atoms with E-state index in [1.165, 1.54) is 4.90 Å². The van der Waals surface area contributed by atoms with Gasteiger partial charge in [0.15, 0.2) is 0 Å². The van der Waals surface area contributed by atoms with Gasteiger partial charge in [-0.25, -0.2) is 4.79 Å². The van der Waals surface area contributed by atoms with Crippen LogP contribution in [0.1, 0.15) is 41.5 Å². The van der Waals surface area contributed by atoms with Crippen molar-refractivity contribution in [1.82, 2.24) is 9.80 Å². The first kappa shape index (κ1) is 24.9. The SMILES string of the molecule is CN(C)CCOC(=O)N1C[C@H](OC(=O)C(C)(C)C)C=C[C@H](OC(=O)C(C)(C)C)C1. The second-order valence-electron chi connectivity index (χ2n) is 9.60. The fourth-order valence-corrected chi connectivity index (χ4v) is 2.22. The molecule has 1 amide bonds. The number of likely N-dealkylation sites (N-methyl/N-ethyl adjacent to an activating group) is 1. The maximum absolute atomic E-state index is 12.6. The van der Waals surface area contributed by atoms with Crippen LogP contribution < -0.4 is 0 Å². The molecule has 0 radical (unpaired) electrons. The summed E-state index contributed by atoms with van der Waals surface area (Å²) in [6.07, 6.45) is 1.49. The smallest absolute Gasteiger partial charge is 0.410 e. The Bertz CT molecular complexity index is 576. The summed E-state index contributed by atoms with van der Waals surface area (Å²) >= 11 is 0. The normalized spacial score (nSPS) is 20.2. The molecule has 0 aromatic carbocycles. The lowest BCUT2D eigenvalue weighted by Crippen LogP contribution is -2.43. The molecule has 29 heavy (non-hydrogen) atoms. The van der Waals surface area contributed by atoms with Gasteiger partial charge in [-0.2, -0.15) is 0 Å². The lowest BCUT2D eigenvalue weighted by Gasteiger charge is -2.28. The Morgan fingerprint density at radius 2 is 1.31 bits per heavy atom. The maximum atomic E-state index is 12.6. The molecule has 1 aliphatic heterocycles. The quantitative estimate of drug-likeness (QED) is 0.389. The molecule has 2 atom stereocenters. The number of amides is 1. The van der Waals surface area contributed by atoms with Crippen LogP contribution in [-0.2, 0) is 23.8 Å². The summed E-state index contributed by atoms with van der Waals surface area (Å²) in [7, 11) is 3.77. The Labute approximate surface area is 174 Å². The molecule has 0 aromatic rings. The highest BCUT2D eigenvalue weighted by molar-refractivity contribution is 5.76. The van der Waals surface area contributed by atoms with Crippen molar-refractivity contribution in [2.75, 3.05) is 40.3 Å². The number of ether oxygens (including phenoxy) is 3. The second-order valence-corrected chi connectivity index (χ2v) is 9.60. The van der Waals surface area contributed by atoms with Crippen LogP contribution in [0.4, 0.5) is 4.79 Å². The molecule has 0 fully saturated rings. The Balaban J connectivity index is 2.93. The van der Waals surface area contributed by atoms with Gasteiger partial charge in [-0.1, -0.05) is 0 Å². The van der Waals surface area contributed by atoms with Crippen LogP contribution in [-0.4, -0.2) is 80.4 Å². The van der Waals surface area contributed by atoms with Crippen molar-refractivity contribution in [3.63, 3.8) is 0 Å². The van der Waals surface area contributed by atoms with Gasteiger partial charge in [-0.3, -0.25) is 9.59 Å². The van der Waals surface area contributed by atoms with Crippen LogP contribution in [0.15, 0.2) is 12.2 Å². The monoisotopic (exact) mass is 412 g/mol. The van der Waals surface area contributed by atoms with Gasteiger partial charge < -0.3 is 24.0 Å². The molecule has 0 spiro atoms. The van der Waals surface area contributed by atoms with E-state index in [2.05, 4.69) is 0 Å². The molecular formula is C21H36N2O6. The molecule has 0 saturated carbocycles. The number of esters is 2. The number of nitrogens with zero attached hydrogens (tertiary/aromatic N) is 2. The third-order valence-corrected chi connectivity index (χ3v) is 4.10. The van der Waals surface area contributed by atoms with Crippen LogP contribution in [0, 0.1) is 10.8 Å². The van der Waals surface area contributed by atoms with E-state index >= 15 is 0 Å². The minimum Gasteiger partial charge on any atom is -0.456 e. The van der Waals surface area contributed by atoms with Gasteiger partial charge in [0.2, 0.25) is 0 Å². The summed E-state index contributed by atoms with van der Waals surface area (Å²) in [5, 5.41) is 0. The molecule has 166 valence electrons. The Morgan fingerprint density at radius 3 is 1.66 bits per heavy atom. The third-order valence-electron chi connectivity index (χ3n) is 4.10. The average Bonchev–Trinajstić information content (AvgIpc) is 2.75. The van der Waals surface area contributed by atoms with Crippen molar-refractivity contribution in [3.8, 4) is 0 Å². The fourth-order valence-electron chi connectivity index (χ4n) is 2.22. The standard InChI is InChI=1S/C21H36N2O6/c1-20(2,3)17(24)28-15-9-10-16(29-18(25)21(4,5)6)14-23(13-15)19(26)27-12-11-22(7)8/h9-10,15-16H,11-14H2,1-8H3/t15-,16+. The van der Waals surface area contributed by atoms with Gasteiger partial charge >= 0.3 is 18.0 Å². The summed E-state index contributed by atoms with van der Waals surface area (Å²) in [6.45, 7) is 11.6. The number of hydrogen-bond donors (Lipinski definition) is 0. The van der Waals surface area contributed by atoms with Gasteiger partial charge in [-0.15, -0.1) is 0 Å². The fraction of sp³-hybridized carbons (Fsp3) is 0.762. The lowest BCUT2D eigenvalue weighted by atomic mass is 9.97. The largest absolute Gasteiger partial charge is 0.456 e. The van der Waals surface area contributed by atoms with E-state index in [-0.39, 0.29) is 31.6 Å². The van der Waals surface area contributed by atoms with Gasteiger partial charge in [0.1, 0.15) is 18.8 Å². The lowest BCUT2D eigenvalue weighted by molar-refractivity contribution is -0.157. The van der Waals surface area contributed by atoms with E-state index in [1.807, 2.05) is 19.0 Å². The zero-order chi connectivity index (χ0) is 22.4. The molecule has 0 unspecified atom stereocenters. The number of carbonyl (C=O) groups excluding carboxylic acids is 3. The third kappa shape index (κ3) is 8.85. The highest BCUT2D eigenvalue weighted by Crippen LogP contribution is 2.21. The summed E-state index contributed by atoms with van der Waals surface area (Å²) in [5.74, 6) is -0.753. The van der Waals surface area contributed by atoms with Crippen molar-refractivity contribution in [2.24, 2.45) is 10.8 Å². The molecular weight excluding hydrogens is 376 g/mol. The molecule has 0 aromatic heterocycles. The van der Waals surface area contributed by atoms with Crippen LogP contribution in [0.3, 0.4) is 0 Å². The van der Waals surface area contributed by atoms with E-state index < -0.39 is 29.1 Å². The predicted molar refractivity (Wildman–Crippen MR) is 109 cm³/mol. The van der Waals surface area contributed by atoms with Crippen LogP contribution in [0.5, 0.6) is 0 Å². The molecule has 1 aliphatic rings. The highest BCUT2D eigenvalue weighted by Gasteiger charge is 2.33. The second kappa shape index (κ2) is 10.1. The summed E-state index contributed by atoms with van der Waals surface area (Å²) in [6, 6.07) is 0. The van der Waals surface area contributed by atoms with E-state index in [0.29, 0.717) is 6.54 Å². The van der Waals surface area contributed by atoms with Crippen molar-refractivity contribution < 1.29 is 28.6 Å². The zero-order valence-corrected chi connectivity index (χ0v) is 19.0. The predicted octanol–water partition coefficient (Wildman–Crippen LogP) is 2.47. The molecule has 8 heteroatoms. The van der Waals surface area contributed by atoms with Gasteiger partial charge in [-0.05, 0) is 67.8 Å². The minimum atomic E-state index is -0.671. The Morgan fingerprint density at radius 1 is 0.897 bits per heavy atom. The number of rotatable bonds is 5. The first-order valence-electron chi connectivity index (χ1n) is 9.87. The zero-order valence-electron chi connectivity index (χ0n) is 19.0. The molecule has 1 heterocycles. The average molecular weight is 413 g/mol. The molecule has 0 N–H and O–H groups in total. The van der Waals surface area contributed by atoms with Gasteiger partial charge in [0.25, 0.3) is 0 Å². The highest BCUT2D eigenvalue weighted by atomic mass is 16.6. The van der Waals surface area contributed by atoms with Crippen molar-refractivity contribution in [2.45, 2.75) is 53.8 Å². The Kier molecular flexibility index (Phi) is 8.68. The maximum Gasteiger partial charge on any atom is 0.410 e. The summed E-state index contributed by atoms with van der Waals surface area (Å²) < 4.78 is 16.4. The van der Waals surface area contributed by atoms with Crippen molar-refractivity contribution in [1.29, 1.82) is 0 Å².